The van der Waals surface area contributed by atoms with Crippen LogP contribution in [0, 0.1) is 6.92 Å². The zero-order chi connectivity index (χ0) is 17.7. The first-order valence-electron chi connectivity index (χ1n) is 7.51. The number of halogens is 1. The zero-order valence-electron chi connectivity index (χ0n) is 13.9. The lowest BCUT2D eigenvalue weighted by Crippen LogP contribution is -2.28. The molecule has 2 aromatic carbocycles. The molecule has 0 spiro atoms. The maximum Gasteiger partial charge on any atom is 0.253 e. The summed E-state index contributed by atoms with van der Waals surface area (Å²) < 4.78 is 11.7. The summed E-state index contributed by atoms with van der Waals surface area (Å²) in [6, 6.07) is 11.2. The number of rotatable bonds is 6. The van der Waals surface area contributed by atoms with Crippen molar-refractivity contribution >= 4 is 33.2 Å². The number of anilines is 2. The fourth-order valence-electron chi connectivity index (χ4n) is 2.15. The van der Waals surface area contributed by atoms with Gasteiger partial charge in [-0.15, -0.1) is 0 Å². The van der Waals surface area contributed by atoms with E-state index in [1.165, 1.54) is 0 Å². The van der Waals surface area contributed by atoms with E-state index in [1.54, 1.807) is 20.1 Å². The van der Waals surface area contributed by atoms with Crippen molar-refractivity contribution in [2.45, 2.75) is 26.6 Å². The number of amides is 1. The topological polar surface area (TPSA) is 73.6 Å². The summed E-state index contributed by atoms with van der Waals surface area (Å²) in [4.78, 5) is 12.3. The third-order valence-corrected chi connectivity index (χ3v) is 4.07. The summed E-state index contributed by atoms with van der Waals surface area (Å²) >= 11 is 3.40. The van der Waals surface area contributed by atoms with Crippen molar-refractivity contribution in [2.75, 3.05) is 18.2 Å². The fourth-order valence-corrected chi connectivity index (χ4v) is 2.72. The van der Waals surface area contributed by atoms with E-state index in [0.717, 1.165) is 21.3 Å². The molecule has 6 heteroatoms. The van der Waals surface area contributed by atoms with Gasteiger partial charge in [0, 0.05) is 4.47 Å². The van der Waals surface area contributed by atoms with Crippen LogP contribution >= 0.6 is 15.9 Å². The van der Waals surface area contributed by atoms with Crippen molar-refractivity contribution in [1.82, 2.24) is 0 Å². The van der Waals surface area contributed by atoms with E-state index in [1.807, 2.05) is 37.3 Å². The van der Waals surface area contributed by atoms with E-state index in [9.17, 15) is 4.79 Å². The lowest BCUT2D eigenvalue weighted by Gasteiger charge is -2.16. The second-order valence-corrected chi connectivity index (χ2v) is 6.39. The smallest absolute Gasteiger partial charge is 0.253 e. The van der Waals surface area contributed by atoms with E-state index in [0.29, 0.717) is 18.0 Å². The Bertz CT molecular complexity index is 734. The summed E-state index contributed by atoms with van der Waals surface area (Å²) in [5, 5.41) is 2.81. The first kappa shape index (κ1) is 18.3. The molecule has 3 N–H and O–H groups in total. The van der Waals surface area contributed by atoms with Gasteiger partial charge in [-0.25, -0.2) is 0 Å². The van der Waals surface area contributed by atoms with Crippen molar-refractivity contribution in [3.05, 3.63) is 52.0 Å². The second kappa shape index (κ2) is 8.17. The number of methoxy groups -OCH3 is 1. The highest BCUT2D eigenvalue weighted by atomic mass is 79.9. The van der Waals surface area contributed by atoms with Crippen LogP contribution in [-0.4, -0.2) is 19.1 Å². The first-order valence-corrected chi connectivity index (χ1v) is 8.31. The van der Waals surface area contributed by atoms with Crippen molar-refractivity contribution < 1.29 is 14.3 Å². The number of carbonyl (C=O) groups excluding carboxylic acids is 1. The summed E-state index contributed by atoms with van der Waals surface area (Å²) in [5.41, 5.74) is 8.96. The molecule has 0 heterocycles. The fraction of sp³-hybridized carbons (Fsp3) is 0.278. The number of hydrogen-bond acceptors (Lipinski definition) is 4. The van der Waals surface area contributed by atoms with Gasteiger partial charge in [0.05, 0.1) is 25.1 Å². The van der Waals surface area contributed by atoms with E-state index in [4.69, 9.17) is 15.2 Å². The van der Waals surface area contributed by atoms with Crippen molar-refractivity contribution in [3.8, 4) is 5.75 Å². The number of nitrogen functional groups attached to an aromatic ring is 1. The van der Waals surface area contributed by atoms with Crippen LogP contribution < -0.4 is 15.8 Å². The van der Waals surface area contributed by atoms with Crippen molar-refractivity contribution in [2.24, 2.45) is 0 Å². The first-order chi connectivity index (χ1) is 11.4. The average Bonchev–Trinajstić information content (AvgIpc) is 2.57. The van der Waals surface area contributed by atoms with Gasteiger partial charge in [-0.05, 0) is 49.2 Å². The molecular weight excluding hydrogens is 372 g/mol. The highest BCUT2D eigenvalue weighted by Gasteiger charge is 2.16. The van der Waals surface area contributed by atoms with Gasteiger partial charge in [-0.3, -0.25) is 4.79 Å². The van der Waals surface area contributed by atoms with Crippen LogP contribution in [0.4, 0.5) is 11.4 Å². The lowest BCUT2D eigenvalue weighted by molar-refractivity contribution is -0.127. The molecule has 0 aliphatic heterocycles. The molecule has 0 bridgehead atoms. The quantitative estimate of drug-likeness (QED) is 0.731. The minimum atomic E-state index is -0.616. The Morgan fingerprint density at radius 1 is 1.33 bits per heavy atom. The van der Waals surface area contributed by atoms with Gasteiger partial charge in [0.25, 0.3) is 5.91 Å². The largest absolute Gasteiger partial charge is 0.497 e. The molecule has 1 atom stereocenters. The molecule has 0 aliphatic carbocycles. The maximum atomic E-state index is 12.3. The minimum Gasteiger partial charge on any atom is -0.497 e. The molecule has 0 aromatic heterocycles. The van der Waals surface area contributed by atoms with E-state index in [2.05, 4.69) is 21.2 Å². The number of benzene rings is 2. The molecule has 1 unspecified atom stereocenters. The molecule has 5 nitrogen and oxygen atoms in total. The highest BCUT2D eigenvalue weighted by molar-refractivity contribution is 9.10. The monoisotopic (exact) mass is 392 g/mol. The maximum absolute atomic E-state index is 12.3. The van der Waals surface area contributed by atoms with Crippen LogP contribution in [0.2, 0.25) is 0 Å². The van der Waals surface area contributed by atoms with Gasteiger partial charge in [0.15, 0.2) is 0 Å². The van der Waals surface area contributed by atoms with E-state index in [-0.39, 0.29) is 5.91 Å². The van der Waals surface area contributed by atoms with Crippen LogP contribution in [0.1, 0.15) is 18.1 Å². The Morgan fingerprint density at radius 3 is 2.79 bits per heavy atom. The van der Waals surface area contributed by atoms with Crippen molar-refractivity contribution in [3.63, 3.8) is 0 Å². The Labute approximate surface area is 150 Å². The van der Waals surface area contributed by atoms with E-state index >= 15 is 0 Å². The van der Waals surface area contributed by atoms with Crippen LogP contribution in [0.5, 0.6) is 5.75 Å². The molecule has 0 fully saturated rings. The molecular formula is C18H21BrN2O3. The highest BCUT2D eigenvalue weighted by Crippen LogP contribution is 2.27. The number of hydrogen-bond donors (Lipinski definition) is 2. The predicted molar refractivity (Wildman–Crippen MR) is 99.2 cm³/mol. The Kier molecular flexibility index (Phi) is 6.23. The summed E-state index contributed by atoms with van der Waals surface area (Å²) in [6.45, 7) is 3.91. The molecule has 128 valence electrons. The Balaban J connectivity index is 1.97. The number of aryl methyl sites for hydroxylation is 1. The van der Waals surface area contributed by atoms with Gasteiger partial charge in [-0.1, -0.05) is 28.1 Å². The third-order valence-electron chi connectivity index (χ3n) is 3.61. The Hall–Kier alpha value is -2.05. The molecule has 24 heavy (non-hydrogen) atoms. The Morgan fingerprint density at radius 2 is 2.08 bits per heavy atom. The predicted octanol–water partition coefficient (Wildman–Crippen LogP) is 3.89. The van der Waals surface area contributed by atoms with Gasteiger partial charge in [0.2, 0.25) is 0 Å². The second-order valence-electron chi connectivity index (χ2n) is 5.48. The average molecular weight is 393 g/mol. The standard InChI is InChI=1S/C18H21BrN2O3/c1-11-7-14(19)9-16(17(11)20)21-18(22)12(2)24-10-13-5-4-6-15(8-13)23-3/h4-9,12H,10,20H2,1-3H3,(H,21,22). The summed E-state index contributed by atoms with van der Waals surface area (Å²) in [7, 11) is 1.61. The van der Waals surface area contributed by atoms with E-state index < -0.39 is 6.10 Å². The van der Waals surface area contributed by atoms with Crippen LogP contribution in [0.15, 0.2) is 40.9 Å². The van der Waals surface area contributed by atoms with Gasteiger partial charge >= 0.3 is 0 Å². The molecule has 0 saturated heterocycles. The molecule has 0 radical (unpaired) electrons. The number of ether oxygens (including phenoxy) is 2. The zero-order valence-corrected chi connectivity index (χ0v) is 15.5. The SMILES string of the molecule is COc1cccc(COC(C)C(=O)Nc2cc(Br)cc(C)c2N)c1. The number of nitrogens with one attached hydrogen (secondary N) is 1. The molecule has 0 aliphatic rings. The molecule has 1 amide bonds. The molecule has 0 saturated carbocycles. The summed E-state index contributed by atoms with van der Waals surface area (Å²) in [6.07, 6.45) is -0.616. The van der Waals surface area contributed by atoms with Crippen LogP contribution in [-0.2, 0) is 16.1 Å². The third kappa shape index (κ3) is 4.72. The minimum absolute atomic E-state index is 0.248. The van der Waals surface area contributed by atoms with Gasteiger partial charge < -0.3 is 20.5 Å². The van der Waals surface area contributed by atoms with Gasteiger partial charge in [-0.2, -0.15) is 0 Å². The number of carbonyl (C=O) groups is 1. The molecule has 2 rings (SSSR count). The summed E-state index contributed by atoms with van der Waals surface area (Å²) in [5.74, 6) is 0.507. The van der Waals surface area contributed by atoms with Crippen LogP contribution in [0.25, 0.3) is 0 Å². The normalized spacial score (nSPS) is 11.8. The lowest BCUT2D eigenvalue weighted by atomic mass is 10.1. The molecule has 2 aromatic rings. The van der Waals surface area contributed by atoms with Crippen LogP contribution in [0.3, 0.4) is 0 Å². The van der Waals surface area contributed by atoms with Crippen molar-refractivity contribution in [1.29, 1.82) is 0 Å². The van der Waals surface area contributed by atoms with Gasteiger partial charge in [0.1, 0.15) is 11.9 Å². The number of nitrogens with two attached hydrogens (primary N) is 1.